The first-order chi connectivity index (χ1) is 14.3. The van der Waals surface area contributed by atoms with E-state index in [0.717, 1.165) is 32.1 Å². The summed E-state index contributed by atoms with van der Waals surface area (Å²) in [6.07, 6.45) is 11.5. The monoisotopic (exact) mass is 416 g/mol. The van der Waals surface area contributed by atoms with Crippen molar-refractivity contribution in [1.82, 2.24) is 10.3 Å². The Morgan fingerprint density at radius 2 is 1.97 bits per heavy atom. The topological polar surface area (TPSA) is 93.5 Å². The van der Waals surface area contributed by atoms with Crippen LogP contribution in [0.5, 0.6) is 0 Å². The van der Waals surface area contributed by atoms with E-state index in [1.165, 1.54) is 25.5 Å². The minimum absolute atomic E-state index is 0.0213. The highest BCUT2D eigenvalue weighted by molar-refractivity contribution is 6.09. The third-order valence-corrected chi connectivity index (χ3v) is 5.28. The van der Waals surface area contributed by atoms with Gasteiger partial charge in [-0.15, -0.1) is 0 Å². The number of carbonyl (C=O) groups excluding carboxylic acids is 1. The Morgan fingerprint density at radius 1 is 1.23 bits per heavy atom. The maximum absolute atomic E-state index is 13.2. The first-order valence-corrected chi connectivity index (χ1v) is 11.3. The molecule has 2 atom stereocenters. The van der Waals surface area contributed by atoms with Gasteiger partial charge in [0.25, 0.3) is 5.91 Å². The number of hydrogen-bond donors (Lipinski definition) is 2. The van der Waals surface area contributed by atoms with Crippen LogP contribution < -0.4 is 11.1 Å². The molecule has 2 unspecified atom stereocenters. The van der Waals surface area contributed by atoms with Gasteiger partial charge in [-0.25, -0.2) is 9.98 Å². The summed E-state index contributed by atoms with van der Waals surface area (Å²) in [4.78, 5) is 21.9. The zero-order chi connectivity index (χ0) is 22.5. The second kappa shape index (κ2) is 13.8. The number of amides is 1. The number of aromatic nitrogens is 1. The fourth-order valence-corrected chi connectivity index (χ4v) is 3.36. The Kier molecular flexibility index (Phi) is 11.8. The van der Waals surface area contributed by atoms with Crippen LogP contribution in [0.2, 0.25) is 0 Å². The average Bonchev–Trinajstić information content (AvgIpc) is 3.23. The second-order valence-electron chi connectivity index (χ2n) is 7.99. The lowest BCUT2D eigenvalue weighted by Crippen LogP contribution is -2.38. The van der Waals surface area contributed by atoms with Gasteiger partial charge in [0.1, 0.15) is 17.8 Å². The Balaban J connectivity index is 3.14. The molecule has 0 fully saturated rings. The Morgan fingerprint density at radius 3 is 2.50 bits per heavy atom. The normalized spacial score (nSPS) is 14.8. The van der Waals surface area contributed by atoms with Gasteiger partial charge in [-0.2, -0.15) is 0 Å². The third-order valence-electron chi connectivity index (χ3n) is 5.28. The molecule has 0 aromatic carbocycles. The van der Waals surface area contributed by atoms with Crippen LogP contribution in [0.15, 0.2) is 45.4 Å². The van der Waals surface area contributed by atoms with Crippen LogP contribution in [-0.2, 0) is 4.79 Å². The number of carbonyl (C=O) groups is 1. The van der Waals surface area contributed by atoms with Crippen molar-refractivity contribution >= 4 is 11.6 Å². The average molecular weight is 417 g/mol. The Labute approximate surface area is 182 Å². The van der Waals surface area contributed by atoms with Crippen molar-refractivity contribution in [2.75, 3.05) is 0 Å². The number of nitrogens with one attached hydrogen (secondary N) is 1. The number of aliphatic imine (C=N–C) groups is 1. The molecule has 168 valence electrons. The number of oxazole rings is 1. The number of rotatable bonds is 14. The van der Waals surface area contributed by atoms with Gasteiger partial charge in [-0.1, -0.05) is 66.4 Å². The second-order valence-corrected chi connectivity index (χ2v) is 7.99. The van der Waals surface area contributed by atoms with Crippen molar-refractivity contribution in [1.29, 1.82) is 0 Å². The molecule has 1 aromatic heterocycles. The molecule has 0 saturated carbocycles. The molecule has 0 aliphatic heterocycles. The van der Waals surface area contributed by atoms with Crippen LogP contribution in [0.3, 0.4) is 0 Å². The van der Waals surface area contributed by atoms with Crippen LogP contribution in [0.4, 0.5) is 0 Å². The molecule has 1 aromatic rings. The maximum Gasteiger partial charge on any atom is 0.251 e. The van der Waals surface area contributed by atoms with Gasteiger partial charge in [-0.3, -0.25) is 4.79 Å². The van der Waals surface area contributed by atoms with Gasteiger partial charge in [0, 0.05) is 6.04 Å². The summed E-state index contributed by atoms with van der Waals surface area (Å²) >= 11 is 0. The van der Waals surface area contributed by atoms with E-state index in [1.54, 1.807) is 6.20 Å². The maximum atomic E-state index is 13.2. The Bertz CT molecular complexity index is 720. The minimum atomic E-state index is -0.131. The summed E-state index contributed by atoms with van der Waals surface area (Å²) in [6, 6.07) is 0.155. The first kappa shape index (κ1) is 25.7. The fourth-order valence-electron chi connectivity index (χ4n) is 3.36. The molecule has 0 spiro atoms. The predicted octanol–water partition coefficient (Wildman–Crippen LogP) is 5.51. The molecular weight excluding hydrogens is 376 g/mol. The lowest BCUT2D eigenvalue weighted by molar-refractivity contribution is -0.118. The van der Waals surface area contributed by atoms with Crippen molar-refractivity contribution in [3.05, 3.63) is 41.9 Å². The van der Waals surface area contributed by atoms with Crippen LogP contribution >= 0.6 is 0 Å². The smallest absolute Gasteiger partial charge is 0.251 e. The number of unbranched alkanes of at least 4 members (excludes halogenated alkanes) is 3. The van der Waals surface area contributed by atoms with Crippen molar-refractivity contribution in [3.8, 4) is 0 Å². The minimum Gasteiger partial charge on any atom is -0.443 e. The molecule has 0 bridgehead atoms. The van der Waals surface area contributed by atoms with E-state index in [1.807, 2.05) is 20.8 Å². The van der Waals surface area contributed by atoms with E-state index < -0.39 is 0 Å². The van der Waals surface area contributed by atoms with Gasteiger partial charge >= 0.3 is 0 Å². The van der Waals surface area contributed by atoms with Crippen LogP contribution in [0.25, 0.3) is 0 Å². The molecule has 6 heteroatoms. The van der Waals surface area contributed by atoms with Gasteiger partial charge in [0.15, 0.2) is 0 Å². The number of nitrogens with zero attached hydrogens (tertiary/aromatic N) is 2. The highest BCUT2D eigenvalue weighted by Crippen LogP contribution is 2.20. The molecular formula is C24H40N4O2. The summed E-state index contributed by atoms with van der Waals surface area (Å²) in [7, 11) is 0. The summed E-state index contributed by atoms with van der Waals surface area (Å²) < 4.78 is 5.36. The number of allylic oxidation sites excluding steroid dienone is 1. The predicted molar refractivity (Wildman–Crippen MR) is 124 cm³/mol. The van der Waals surface area contributed by atoms with Crippen molar-refractivity contribution < 1.29 is 9.21 Å². The molecule has 0 radical (unpaired) electrons. The zero-order valence-corrected chi connectivity index (χ0v) is 19.5. The van der Waals surface area contributed by atoms with Crippen molar-refractivity contribution in [2.24, 2.45) is 16.6 Å². The van der Waals surface area contributed by atoms with E-state index >= 15 is 0 Å². The molecule has 3 N–H and O–H groups in total. The molecule has 1 rings (SSSR count). The lowest BCUT2D eigenvalue weighted by atomic mass is 9.96. The highest BCUT2D eigenvalue weighted by Gasteiger charge is 2.23. The Hall–Kier alpha value is -2.37. The summed E-state index contributed by atoms with van der Waals surface area (Å²) in [5, 5.41) is 3.22. The van der Waals surface area contributed by atoms with Crippen molar-refractivity contribution in [2.45, 2.75) is 92.0 Å². The summed E-state index contributed by atoms with van der Waals surface area (Å²) in [5.41, 5.74) is 7.99. The first-order valence-electron chi connectivity index (χ1n) is 11.3. The van der Waals surface area contributed by atoms with E-state index in [9.17, 15) is 4.79 Å². The highest BCUT2D eigenvalue weighted by atomic mass is 16.3. The largest absolute Gasteiger partial charge is 0.443 e. The van der Waals surface area contributed by atoms with E-state index in [2.05, 4.69) is 35.7 Å². The number of hydrogen-bond acceptors (Lipinski definition) is 5. The van der Waals surface area contributed by atoms with Crippen LogP contribution in [-0.4, -0.2) is 22.6 Å². The molecule has 1 amide bonds. The quantitative estimate of drug-likeness (QED) is 0.237. The zero-order valence-electron chi connectivity index (χ0n) is 19.5. The van der Waals surface area contributed by atoms with Gasteiger partial charge in [0.2, 0.25) is 5.89 Å². The van der Waals surface area contributed by atoms with Crippen LogP contribution in [0, 0.1) is 5.92 Å². The summed E-state index contributed by atoms with van der Waals surface area (Å²) in [6.45, 7) is 14.1. The van der Waals surface area contributed by atoms with Gasteiger partial charge in [-0.05, 0) is 37.7 Å². The molecule has 0 aliphatic rings. The number of nitrogens with two attached hydrogens (primary N) is 1. The molecule has 0 aliphatic carbocycles. The van der Waals surface area contributed by atoms with Crippen LogP contribution in [0.1, 0.15) is 91.9 Å². The van der Waals surface area contributed by atoms with E-state index in [-0.39, 0.29) is 23.7 Å². The SMILES string of the molecule is C=C(C)/C(=N\C(N)=C(\C(=O)NC(CCC)CCCCCC)C(C)CC)c1ncco1. The fraction of sp³-hybridized carbons (Fsp3) is 0.625. The van der Waals surface area contributed by atoms with Gasteiger partial charge in [0.05, 0.1) is 11.8 Å². The van der Waals surface area contributed by atoms with E-state index in [4.69, 9.17) is 10.2 Å². The summed E-state index contributed by atoms with van der Waals surface area (Å²) in [5.74, 6) is 0.383. The van der Waals surface area contributed by atoms with Gasteiger partial charge < -0.3 is 15.5 Å². The van der Waals surface area contributed by atoms with E-state index in [0.29, 0.717) is 22.7 Å². The molecule has 0 saturated heterocycles. The standard InChI is InChI=1S/C24H40N4O2/c1-7-10-11-12-14-19(13-8-2)27-23(29)20(18(6)9-3)22(25)28-21(17(4)5)24-26-15-16-30-24/h15-16,18-19H,4,7-14,25H2,1-3,5-6H3,(H,27,29)/b22-20+,28-21+. The lowest BCUT2D eigenvalue weighted by Gasteiger charge is -2.22. The molecule has 30 heavy (non-hydrogen) atoms. The molecule has 6 nitrogen and oxygen atoms in total. The van der Waals surface area contributed by atoms with Crippen molar-refractivity contribution in [3.63, 3.8) is 0 Å². The third kappa shape index (κ3) is 8.17. The molecule has 1 heterocycles.